The Morgan fingerprint density at radius 3 is 2.63 bits per heavy atom. The molecule has 1 aliphatic rings. The van der Waals surface area contributed by atoms with Gasteiger partial charge in [0.1, 0.15) is 5.76 Å². The fourth-order valence-corrected chi connectivity index (χ4v) is 4.76. The molecule has 0 spiro atoms. The summed E-state index contributed by atoms with van der Waals surface area (Å²) in [6.07, 6.45) is 7.57. The van der Waals surface area contributed by atoms with E-state index < -0.39 is 8.32 Å². The van der Waals surface area contributed by atoms with Crippen molar-refractivity contribution in [1.29, 1.82) is 0 Å². The van der Waals surface area contributed by atoms with E-state index >= 15 is 0 Å². The molecule has 2 rings (SSSR count). The van der Waals surface area contributed by atoms with E-state index in [1.807, 2.05) is 0 Å². The average Bonchev–Trinajstić information content (AvgIpc) is 2.37. The highest BCUT2D eigenvalue weighted by atomic mass is 28.4. The van der Waals surface area contributed by atoms with Crippen molar-refractivity contribution in [3.8, 4) is 0 Å². The first kappa shape index (κ1) is 14.4. The number of rotatable bonds is 3. The summed E-state index contributed by atoms with van der Waals surface area (Å²) in [7, 11) is -1.54. The molecule has 0 bridgehead atoms. The van der Waals surface area contributed by atoms with Gasteiger partial charge in [-0.15, -0.1) is 0 Å². The first-order valence-corrected chi connectivity index (χ1v) is 10.7. The molecule has 0 aliphatic carbocycles. The Kier molecular flexibility index (Phi) is 4.86. The maximum Gasteiger partial charge on any atom is 0.245 e. The van der Waals surface area contributed by atoms with Crippen molar-refractivity contribution >= 4 is 14.1 Å². The normalized spacial score (nSPS) is 25.6. The van der Waals surface area contributed by atoms with Crippen molar-refractivity contribution in [3.63, 3.8) is 0 Å². The zero-order valence-electron chi connectivity index (χ0n) is 12.5. The molecule has 1 heterocycles. The predicted molar refractivity (Wildman–Crippen MR) is 85.4 cm³/mol. The zero-order valence-corrected chi connectivity index (χ0v) is 13.5. The van der Waals surface area contributed by atoms with Gasteiger partial charge >= 0.3 is 0 Å². The molecule has 0 aromatic heterocycles. The Morgan fingerprint density at radius 2 is 1.95 bits per heavy atom. The highest BCUT2D eigenvalue weighted by Gasteiger charge is 2.28. The van der Waals surface area contributed by atoms with Gasteiger partial charge in [0.25, 0.3) is 0 Å². The van der Waals surface area contributed by atoms with E-state index in [4.69, 9.17) is 4.43 Å². The van der Waals surface area contributed by atoms with Gasteiger partial charge in [0.2, 0.25) is 8.32 Å². The van der Waals surface area contributed by atoms with E-state index in [2.05, 4.69) is 56.4 Å². The highest BCUT2D eigenvalue weighted by molar-refractivity contribution is 6.71. The van der Waals surface area contributed by atoms with E-state index in [0.29, 0.717) is 5.92 Å². The molecule has 0 saturated heterocycles. The van der Waals surface area contributed by atoms with Crippen LogP contribution in [0.15, 0.2) is 36.4 Å². The van der Waals surface area contributed by atoms with Gasteiger partial charge in [0.05, 0.1) is 0 Å². The van der Waals surface area contributed by atoms with Crippen molar-refractivity contribution in [1.82, 2.24) is 0 Å². The van der Waals surface area contributed by atoms with Gasteiger partial charge in [-0.2, -0.15) is 0 Å². The molecule has 1 atom stereocenters. The summed E-state index contributed by atoms with van der Waals surface area (Å²) < 4.78 is 6.44. The third kappa shape index (κ3) is 4.24. The summed E-state index contributed by atoms with van der Waals surface area (Å²) >= 11 is 0. The molecule has 1 aromatic rings. The molecular formula is C17H26OSi. The van der Waals surface area contributed by atoms with Crippen LogP contribution in [0.25, 0.3) is 5.76 Å². The highest BCUT2D eigenvalue weighted by Crippen LogP contribution is 2.32. The largest absolute Gasteiger partial charge is 0.544 e. The fraction of sp³-hybridized carbons (Fsp3) is 0.529. The fourth-order valence-electron chi connectivity index (χ4n) is 2.83. The summed E-state index contributed by atoms with van der Waals surface area (Å²) in [6.45, 7) is 6.95. The lowest BCUT2D eigenvalue weighted by Crippen LogP contribution is -2.30. The van der Waals surface area contributed by atoms with Crippen LogP contribution in [0, 0.1) is 5.92 Å². The van der Waals surface area contributed by atoms with E-state index in [0.717, 1.165) is 5.76 Å². The second kappa shape index (κ2) is 6.42. The minimum Gasteiger partial charge on any atom is -0.544 e. The summed E-state index contributed by atoms with van der Waals surface area (Å²) in [4.78, 5) is 0. The molecule has 1 aromatic carbocycles. The van der Waals surface area contributed by atoms with E-state index in [9.17, 15) is 0 Å². The van der Waals surface area contributed by atoms with E-state index in [1.54, 1.807) is 0 Å². The van der Waals surface area contributed by atoms with Crippen LogP contribution in [0.3, 0.4) is 0 Å². The van der Waals surface area contributed by atoms with Crippen LogP contribution in [-0.4, -0.2) is 8.32 Å². The molecule has 0 radical (unpaired) electrons. The van der Waals surface area contributed by atoms with Crippen molar-refractivity contribution in [2.45, 2.75) is 51.7 Å². The van der Waals surface area contributed by atoms with Crippen LogP contribution < -0.4 is 0 Å². The van der Waals surface area contributed by atoms with Gasteiger partial charge in [-0.3, -0.25) is 0 Å². The summed E-state index contributed by atoms with van der Waals surface area (Å²) in [5.41, 5.74) is 1.24. The van der Waals surface area contributed by atoms with Gasteiger partial charge in [0.15, 0.2) is 0 Å². The third-order valence-electron chi connectivity index (χ3n) is 3.84. The van der Waals surface area contributed by atoms with Crippen LogP contribution in [0.1, 0.15) is 38.2 Å². The third-order valence-corrected chi connectivity index (χ3v) is 6.18. The molecule has 104 valence electrons. The molecule has 1 aliphatic heterocycles. The topological polar surface area (TPSA) is 9.23 Å². The molecule has 0 amide bonds. The number of benzene rings is 1. The Bertz CT molecular complexity index is 422. The van der Waals surface area contributed by atoms with Crippen LogP contribution in [0.5, 0.6) is 0 Å². The minimum atomic E-state index is -1.54. The Balaban J connectivity index is 2.29. The second-order valence-corrected chi connectivity index (χ2v) is 10.4. The van der Waals surface area contributed by atoms with Crippen LogP contribution in [-0.2, 0) is 4.43 Å². The zero-order chi connectivity index (χ0) is 13.7. The Morgan fingerprint density at radius 1 is 1.21 bits per heavy atom. The molecule has 1 unspecified atom stereocenters. The maximum atomic E-state index is 6.44. The number of hydrogen-bond donors (Lipinski definition) is 0. The smallest absolute Gasteiger partial charge is 0.245 e. The molecule has 0 saturated carbocycles. The van der Waals surface area contributed by atoms with Gasteiger partial charge in [-0.1, -0.05) is 50.1 Å². The van der Waals surface area contributed by atoms with E-state index in [1.165, 1.54) is 37.3 Å². The molecule has 0 N–H and O–H groups in total. The maximum absolute atomic E-state index is 6.44. The van der Waals surface area contributed by atoms with E-state index in [-0.39, 0.29) is 0 Å². The quantitative estimate of drug-likeness (QED) is 0.665. The lowest BCUT2D eigenvalue weighted by molar-refractivity contribution is 0.452. The van der Waals surface area contributed by atoms with Crippen molar-refractivity contribution in [3.05, 3.63) is 42.0 Å². The van der Waals surface area contributed by atoms with Gasteiger partial charge < -0.3 is 4.43 Å². The summed E-state index contributed by atoms with van der Waals surface area (Å²) in [6, 6.07) is 11.9. The van der Waals surface area contributed by atoms with Crippen LogP contribution >= 0.6 is 0 Å². The van der Waals surface area contributed by atoms with Gasteiger partial charge in [-0.05, 0) is 44.0 Å². The lowest BCUT2D eigenvalue weighted by atomic mass is 9.96. The Labute approximate surface area is 118 Å². The van der Waals surface area contributed by atoms with Crippen molar-refractivity contribution in [2.24, 2.45) is 5.92 Å². The predicted octanol–water partition coefficient (Wildman–Crippen LogP) is 5.46. The second-order valence-electron chi connectivity index (χ2n) is 6.20. The van der Waals surface area contributed by atoms with Gasteiger partial charge in [-0.25, -0.2) is 0 Å². The summed E-state index contributed by atoms with van der Waals surface area (Å²) in [5, 5.41) is 0. The molecule has 1 nitrogen and oxygen atoms in total. The minimum absolute atomic E-state index is 0.685. The molecule has 19 heavy (non-hydrogen) atoms. The average molecular weight is 274 g/mol. The SMILES string of the molecule is CCCC1/C=C(/c2ccccc2)O[Si](C)(C)CCC1. The molecule has 2 heteroatoms. The first-order chi connectivity index (χ1) is 9.11. The van der Waals surface area contributed by atoms with Gasteiger partial charge in [0, 0.05) is 5.56 Å². The van der Waals surface area contributed by atoms with Crippen LogP contribution in [0.4, 0.5) is 0 Å². The first-order valence-electron chi connectivity index (χ1n) is 7.57. The lowest BCUT2D eigenvalue weighted by Gasteiger charge is -2.30. The van der Waals surface area contributed by atoms with Crippen molar-refractivity contribution in [2.75, 3.05) is 0 Å². The standard InChI is InChI=1S/C17H26OSi/c1-4-9-15-10-8-13-19(2,3)18-17(14-15)16-11-6-5-7-12-16/h5-7,11-12,14-15H,4,8-10,13H2,1-3H3/b17-14-. The monoisotopic (exact) mass is 274 g/mol. The van der Waals surface area contributed by atoms with Crippen molar-refractivity contribution < 1.29 is 4.43 Å². The summed E-state index contributed by atoms with van der Waals surface area (Å²) in [5.74, 6) is 1.82. The molecular weight excluding hydrogens is 248 g/mol. The Hall–Kier alpha value is -1.02. The number of hydrogen-bond acceptors (Lipinski definition) is 1. The number of allylic oxidation sites excluding steroid dienone is 1. The molecule has 0 fully saturated rings. The van der Waals surface area contributed by atoms with Crippen LogP contribution in [0.2, 0.25) is 19.1 Å².